The van der Waals surface area contributed by atoms with Gasteiger partial charge in [-0.15, -0.1) is 0 Å². The molecule has 0 radical (unpaired) electrons. The normalized spacial score (nSPS) is 11.6. The summed E-state index contributed by atoms with van der Waals surface area (Å²) in [5, 5.41) is 0.0412. The van der Waals surface area contributed by atoms with Crippen molar-refractivity contribution in [2.45, 2.75) is 12.6 Å². The minimum absolute atomic E-state index is 0.0107. The Morgan fingerprint density at radius 1 is 1.19 bits per heavy atom. The van der Waals surface area contributed by atoms with Gasteiger partial charge in [0.05, 0.1) is 18.1 Å². The fourth-order valence-electron chi connectivity index (χ4n) is 0.793. The van der Waals surface area contributed by atoms with Gasteiger partial charge in [0.2, 0.25) is 5.88 Å². The van der Waals surface area contributed by atoms with E-state index in [1.807, 2.05) is 0 Å². The highest BCUT2D eigenvalue weighted by molar-refractivity contribution is 6.42. The Bertz CT molecular complexity index is 384. The molecule has 0 amide bonds. The SMILES string of the molecule is FC(F)(F)CCOc1nc(Cl)c(Cl)cc1Cl. The number of halogens is 6. The molecule has 0 aromatic carbocycles. The van der Waals surface area contributed by atoms with Gasteiger partial charge in [0.15, 0.2) is 5.15 Å². The predicted octanol–water partition coefficient (Wildman–Crippen LogP) is 4.37. The van der Waals surface area contributed by atoms with Crippen molar-refractivity contribution in [1.29, 1.82) is 0 Å². The third-order valence-corrected chi connectivity index (χ3v) is 2.42. The lowest BCUT2D eigenvalue weighted by Crippen LogP contribution is -2.13. The van der Waals surface area contributed by atoms with Gasteiger partial charge in [0.25, 0.3) is 0 Å². The summed E-state index contributed by atoms with van der Waals surface area (Å²) in [5.41, 5.74) is 0. The first-order chi connectivity index (χ1) is 7.29. The van der Waals surface area contributed by atoms with Crippen LogP contribution in [0.4, 0.5) is 13.2 Å². The largest absolute Gasteiger partial charge is 0.476 e. The van der Waals surface area contributed by atoms with E-state index in [9.17, 15) is 13.2 Å². The van der Waals surface area contributed by atoms with Crippen LogP contribution in [0.25, 0.3) is 0 Å². The molecule has 2 nitrogen and oxygen atoms in total. The summed E-state index contributed by atoms with van der Waals surface area (Å²) < 4.78 is 40.2. The average molecular weight is 294 g/mol. The lowest BCUT2D eigenvalue weighted by Gasteiger charge is -2.09. The fraction of sp³-hybridized carbons (Fsp3) is 0.375. The molecule has 1 aromatic heterocycles. The summed E-state index contributed by atoms with van der Waals surface area (Å²) in [4.78, 5) is 3.60. The van der Waals surface area contributed by atoms with E-state index < -0.39 is 19.2 Å². The zero-order valence-electron chi connectivity index (χ0n) is 7.61. The van der Waals surface area contributed by atoms with Crippen molar-refractivity contribution >= 4 is 34.8 Å². The molecular weight excluding hydrogens is 289 g/mol. The smallest absolute Gasteiger partial charge is 0.392 e. The zero-order chi connectivity index (χ0) is 12.3. The van der Waals surface area contributed by atoms with E-state index in [1.54, 1.807) is 0 Å². The highest BCUT2D eigenvalue weighted by Gasteiger charge is 2.27. The lowest BCUT2D eigenvalue weighted by molar-refractivity contribution is -0.139. The predicted molar refractivity (Wildman–Crippen MR) is 55.4 cm³/mol. The molecule has 0 saturated heterocycles. The number of rotatable bonds is 3. The standard InChI is InChI=1S/C8H5Cl3F3NO/c9-4-3-5(10)7(15-6(4)11)16-2-1-8(12,13)14/h3H,1-2H2. The molecule has 0 aliphatic carbocycles. The second-order valence-electron chi connectivity index (χ2n) is 2.76. The maximum atomic E-state index is 11.8. The third-order valence-electron chi connectivity index (χ3n) is 1.48. The van der Waals surface area contributed by atoms with Gasteiger partial charge in [-0.25, -0.2) is 0 Å². The molecule has 0 unspecified atom stereocenters. The van der Waals surface area contributed by atoms with Gasteiger partial charge in [0, 0.05) is 0 Å². The first-order valence-electron chi connectivity index (χ1n) is 4.00. The van der Waals surface area contributed by atoms with Gasteiger partial charge >= 0.3 is 6.18 Å². The highest BCUT2D eigenvalue weighted by atomic mass is 35.5. The van der Waals surface area contributed by atoms with Gasteiger partial charge in [-0.3, -0.25) is 0 Å². The van der Waals surface area contributed by atoms with Crippen LogP contribution in [0.3, 0.4) is 0 Å². The van der Waals surface area contributed by atoms with E-state index in [1.165, 1.54) is 6.07 Å². The first-order valence-corrected chi connectivity index (χ1v) is 5.14. The van der Waals surface area contributed by atoms with Crippen molar-refractivity contribution in [2.24, 2.45) is 0 Å². The van der Waals surface area contributed by atoms with Crippen LogP contribution in [0.5, 0.6) is 5.88 Å². The second kappa shape index (κ2) is 5.29. The number of aromatic nitrogens is 1. The fourth-order valence-corrected chi connectivity index (χ4v) is 1.34. The quantitative estimate of drug-likeness (QED) is 0.772. The van der Waals surface area contributed by atoms with E-state index in [4.69, 9.17) is 39.5 Å². The van der Waals surface area contributed by atoms with Crippen molar-refractivity contribution in [3.8, 4) is 5.88 Å². The Hall–Kier alpha value is -0.390. The van der Waals surface area contributed by atoms with Crippen LogP contribution in [0.2, 0.25) is 15.2 Å². The van der Waals surface area contributed by atoms with Crippen LogP contribution < -0.4 is 4.74 Å². The summed E-state index contributed by atoms with van der Waals surface area (Å²) in [6.07, 6.45) is -5.38. The Morgan fingerprint density at radius 3 is 2.38 bits per heavy atom. The summed E-state index contributed by atoms with van der Waals surface area (Å²) in [6, 6.07) is 1.25. The van der Waals surface area contributed by atoms with Crippen molar-refractivity contribution in [2.75, 3.05) is 6.61 Å². The number of pyridine rings is 1. The van der Waals surface area contributed by atoms with Crippen LogP contribution in [0.15, 0.2) is 6.07 Å². The number of nitrogens with zero attached hydrogens (tertiary/aromatic N) is 1. The summed E-state index contributed by atoms with van der Waals surface area (Å²) in [6.45, 7) is -0.575. The van der Waals surface area contributed by atoms with E-state index in [0.717, 1.165) is 0 Å². The third kappa shape index (κ3) is 4.23. The van der Waals surface area contributed by atoms with Crippen molar-refractivity contribution in [1.82, 2.24) is 4.98 Å². The number of hydrogen-bond donors (Lipinski definition) is 0. The summed E-state index contributed by atoms with van der Waals surface area (Å²) in [7, 11) is 0. The topological polar surface area (TPSA) is 22.1 Å². The number of hydrogen-bond acceptors (Lipinski definition) is 2. The molecule has 0 atom stereocenters. The molecule has 90 valence electrons. The zero-order valence-corrected chi connectivity index (χ0v) is 9.88. The molecule has 0 spiro atoms. The Kier molecular flexibility index (Phi) is 4.52. The monoisotopic (exact) mass is 293 g/mol. The molecule has 0 N–H and O–H groups in total. The number of ether oxygens (including phenoxy) is 1. The molecule has 16 heavy (non-hydrogen) atoms. The minimum Gasteiger partial charge on any atom is -0.476 e. The van der Waals surface area contributed by atoms with Crippen LogP contribution in [0, 0.1) is 0 Å². The maximum Gasteiger partial charge on any atom is 0.392 e. The lowest BCUT2D eigenvalue weighted by atomic mass is 10.4. The van der Waals surface area contributed by atoms with Crippen LogP contribution in [-0.4, -0.2) is 17.8 Å². The molecule has 1 rings (SSSR count). The molecule has 1 heterocycles. The molecule has 0 aliphatic rings. The summed E-state index contributed by atoms with van der Waals surface area (Å²) in [5.74, 6) is -0.166. The Morgan fingerprint density at radius 2 is 1.81 bits per heavy atom. The van der Waals surface area contributed by atoms with Gasteiger partial charge in [-0.05, 0) is 6.07 Å². The van der Waals surface area contributed by atoms with E-state index in [2.05, 4.69) is 4.98 Å². The second-order valence-corrected chi connectivity index (χ2v) is 3.93. The van der Waals surface area contributed by atoms with Crippen LogP contribution in [-0.2, 0) is 0 Å². The molecule has 0 aliphatic heterocycles. The molecule has 0 bridgehead atoms. The maximum absolute atomic E-state index is 11.8. The first kappa shape index (κ1) is 13.7. The van der Waals surface area contributed by atoms with Gasteiger partial charge in [-0.1, -0.05) is 34.8 Å². The molecule has 0 saturated carbocycles. The van der Waals surface area contributed by atoms with E-state index >= 15 is 0 Å². The average Bonchev–Trinajstić information content (AvgIpc) is 2.11. The molecular formula is C8H5Cl3F3NO. The molecule has 0 fully saturated rings. The van der Waals surface area contributed by atoms with Crippen LogP contribution in [0.1, 0.15) is 6.42 Å². The van der Waals surface area contributed by atoms with Crippen molar-refractivity contribution in [3.63, 3.8) is 0 Å². The van der Waals surface area contributed by atoms with Crippen molar-refractivity contribution in [3.05, 3.63) is 21.3 Å². The molecule has 8 heteroatoms. The minimum atomic E-state index is -4.29. The summed E-state index contributed by atoms with van der Waals surface area (Å²) >= 11 is 16.8. The van der Waals surface area contributed by atoms with E-state index in [-0.39, 0.29) is 21.1 Å². The molecule has 1 aromatic rings. The van der Waals surface area contributed by atoms with Gasteiger partial charge in [-0.2, -0.15) is 18.2 Å². The van der Waals surface area contributed by atoms with Crippen LogP contribution >= 0.6 is 34.8 Å². The van der Waals surface area contributed by atoms with Crippen molar-refractivity contribution < 1.29 is 17.9 Å². The van der Waals surface area contributed by atoms with Gasteiger partial charge in [0.1, 0.15) is 5.02 Å². The Labute approximate surface area is 104 Å². The van der Waals surface area contributed by atoms with Gasteiger partial charge < -0.3 is 4.74 Å². The highest BCUT2D eigenvalue weighted by Crippen LogP contribution is 2.30. The Balaban J connectivity index is 2.64. The number of alkyl halides is 3. The van der Waals surface area contributed by atoms with E-state index in [0.29, 0.717) is 0 Å².